The first-order chi connectivity index (χ1) is 13.1. The van der Waals surface area contributed by atoms with Crippen LogP contribution < -0.4 is 10.3 Å². The van der Waals surface area contributed by atoms with Crippen LogP contribution >= 0.6 is 11.8 Å². The van der Waals surface area contributed by atoms with E-state index >= 15 is 0 Å². The van der Waals surface area contributed by atoms with Gasteiger partial charge in [-0.1, -0.05) is 36.0 Å². The van der Waals surface area contributed by atoms with Crippen molar-refractivity contribution in [1.29, 1.82) is 0 Å². The van der Waals surface area contributed by atoms with E-state index < -0.39 is 5.82 Å². The van der Waals surface area contributed by atoms with Crippen molar-refractivity contribution in [3.8, 4) is 5.75 Å². The summed E-state index contributed by atoms with van der Waals surface area (Å²) in [4.78, 5) is 17.6. The number of fused-ring (bicyclic) bond motifs is 1. The summed E-state index contributed by atoms with van der Waals surface area (Å²) in [5.74, 6) is 0.352. The van der Waals surface area contributed by atoms with Gasteiger partial charge in [0.05, 0.1) is 30.2 Å². The van der Waals surface area contributed by atoms with Crippen LogP contribution in [0.5, 0.6) is 5.75 Å². The number of aromatic nitrogens is 2. The van der Waals surface area contributed by atoms with Gasteiger partial charge in [-0.25, -0.2) is 9.37 Å². The first kappa shape index (κ1) is 19.4. The average Bonchev–Trinajstić information content (AvgIpc) is 2.67. The number of benzene rings is 2. The minimum absolute atomic E-state index is 0.0947. The van der Waals surface area contributed by atoms with Crippen LogP contribution in [0.15, 0.2) is 58.5 Å². The number of methoxy groups -OCH3 is 1. The van der Waals surface area contributed by atoms with Gasteiger partial charge in [0.25, 0.3) is 5.56 Å². The molecule has 0 aliphatic carbocycles. The minimum atomic E-state index is -0.392. The molecule has 1 aromatic heterocycles. The van der Waals surface area contributed by atoms with Crippen molar-refractivity contribution < 1.29 is 13.9 Å². The molecule has 0 saturated carbocycles. The van der Waals surface area contributed by atoms with E-state index in [9.17, 15) is 9.18 Å². The van der Waals surface area contributed by atoms with Gasteiger partial charge in [0, 0.05) is 12.9 Å². The van der Waals surface area contributed by atoms with Gasteiger partial charge < -0.3 is 9.47 Å². The molecule has 0 N–H and O–H groups in total. The molecule has 0 radical (unpaired) electrons. The predicted octanol–water partition coefficient (Wildman–Crippen LogP) is 3.91. The molecule has 0 aliphatic heterocycles. The Bertz CT molecular complexity index is 977. The molecule has 2 aromatic carbocycles. The molecule has 3 rings (SSSR count). The number of thioether (sulfide) groups is 1. The Kier molecular flexibility index (Phi) is 6.47. The van der Waals surface area contributed by atoms with E-state index in [1.54, 1.807) is 35.9 Å². The highest BCUT2D eigenvalue weighted by atomic mass is 32.2. The summed E-state index contributed by atoms with van der Waals surface area (Å²) in [6.45, 7) is 2.62. The number of ether oxygens (including phenoxy) is 2. The van der Waals surface area contributed by atoms with E-state index in [-0.39, 0.29) is 17.4 Å². The number of para-hydroxylation sites is 2. The number of hydrogen-bond donors (Lipinski definition) is 0. The van der Waals surface area contributed by atoms with Crippen LogP contribution in [0.3, 0.4) is 0 Å². The van der Waals surface area contributed by atoms with E-state index in [1.165, 1.54) is 17.8 Å². The van der Waals surface area contributed by atoms with E-state index in [1.807, 2.05) is 25.1 Å². The Labute approximate surface area is 161 Å². The Morgan fingerprint density at radius 1 is 1.19 bits per heavy atom. The molecule has 0 fully saturated rings. The summed E-state index contributed by atoms with van der Waals surface area (Å²) in [5, 5.41) is 1.17. The minimum Gasteiger partial charge on any atom is -0.490 e. The molecule has 0 aliphatic rings. The maximum Gasteiger partial charge on any atom is 0.262 e. The predicted molar refractivity (Wildman–Crippen MR) is 105 cm³/mol. The third-order valence-corrected chi connectivity index (χ3v) is 4.95. The summed E-state index contributed by atoms with van der Waals surface area (Å²) in [6, 6.07) is 13.4. The molecule has 5 nitrogen and oxygen atoms in total. The topological polar surface area (TPSA) is 53.4 Å². The highest BCUT2D eigenvalue weighted by molar-refractivity contribution is 7.99. The molecule has 1 atom stereocenters. The first-order valence-electron chi connectivity index (χ1n) is 8.62. The zero-order valence-corrected chi connectivity index (χ0v) is 16.0. The quantitative estimate of drug-likeness (QED) is 0.333. The molecule has 7 heteroatoms. The van der Waals surface area contributed by atoms with Gasteiger partial charge >= 0.3 is 0 Å². The molecular weight excluding hydrogens is 367 g/mol. The van der Waals surface area contributed by atoms with Crippen molar-refractivity contribution in [2.45, 2.75) is 18.1 Å². The highest BCUT2D eigenvalue weighted by Gasteiger charge is 2.16. The molecule has 3 aromatic rings. The van der Waals surface area contributed by atoms with Gasteiger partial charge in [-0.3, -0.25) is 9.36 Å². The molecule has 0 amide bonds. The van der Waals surface area contributed by atoms with Crippen molar-refractivity contribution in [3.63, 3.8) is 0 Å². The van der Waals surface area contributed by atoms with Gasteiger partial charge in [-0.05, 0) is 31.2 Å². The van der Waals surface area contributed by atoms with Crippen molar-refractivity contribution in [1.82, 2.24) is 9.55 Å². The molecule has 0 unspecified atom stereocenters. The lowest BCUT2D eigenvalue weighted by Gasteiger charge is -2.19. The second-order valence-corrected chi connectivity index (χ2v) is 7.08. The fraction of sp³-hybridized carbons (Fsp3) is 0.300. The molecule has 0 spiro atoms. The molecule has 0 saturated heterocycles. The summed E-state index contributed by atoms with van der Waals surface area (Å²) in [7, 11) is 1.60. The maximum atomic E-state index is 13.6. The van der Waals surface area contributed by atoms with Crippen molar-refractivity contribution in [2.75, 3.05) is 26.1 Å². The summed E-state index contributed by atoms with van der Waals surface area (Å²) < 4.78 is 26.0. The van der Waals surface area contributed by atoms with Crippen LogP contribution in [0.1, 0.15) is 13.0 Å². The lowest BCUT2D eigenvalue weighted by molar-refractivity contribution is 0.156. The zero-order valence-electron chi connectivity index (χ0n) is 15.2. The molecule has 1 heterocycles. The number of hydrogen-bond acceptors (Lipinski definition) is 5. The van der Waals surface area contributed by atoms with E-state index in [0.717, 1.165) is 0 Å². The fourth-order valence-electron chi connectivity index (χ4n) is 2.78. The largest absolute Gasteiger partial charge is 0.490 e. The van der Waals surface area contributed by atoms with Gasteiger partial charge in [0.15, 0.2) is 16.7 Å². The Hall–Kier alpha value is -2.38. The molecule has 0 bridgehead atoms. The smallest absolute Gasteiger partial charge is 0.262 e. The maximum absolute atomic E-state index is 13.6. The molecule has 27 heavy (non-hydrogen) atoms. The second-order valence-electron chi connectivity index (χ2n) is 6.02. The van der Waals surface area contributed by atoms with E-state index in [2.05, 4.69) is 4.98 Å². The Morgan fingerprint density at radius 2 is 1.93 bits per heavy atom. The van der Waals surface area contributed by atoms with Crippen molar-refractivity contribution >= 4 is 22.7 Å². The van der Waals surface area contributed by atoms with Crippen molar-refractivity contribution in [2.24, 2.45) is 0 Å². The third-order valence-electron chi connectivity index (χ3n) is 4.03. The molecule has 142 valence electrons. The van der Waals surface area contributed by atoms with Crippen LogP contribution in [0.25, 0.3) is 10.9 Å². The van der Waals surface area contributed by atoms with Gasteiger partial charge in [0.1, 0.15) is 0 Å². The first-order valence-corrected chi connectivity index (χ1v) is 9.60. The average molecular weight is 388 g/mol. The van der Waals surface area contributed by atoms with Gasteiger partial charge in [-0.15, -0.1) is 0 Å². The summed E-state index contributed by atoms with van der Waals surface area (Å²) in [6.07, 6.45) is 0. The Balaban J connectivity index is 1.81. The SMILES string of the molecule is COC[C@@H](C)n1c(SCCOc2ccccc2F)nc2ccccc2c1=O. The fourth-order valence-corrected chi connectivity index (χ4v) is 3.69. The normalized spacial score (nSPS) is 12.3. The molecular formula is C20H21FN2O3S. The van der Waals surface area contributed by atoms with Crippen LogP contribution in [0.4, 0.5) is 4.39 Å². The summed E-state index contributed by atoms with van der Waals surface area (Å²) in [5.41, 5.74) is 0.559. The Morgan fingerprint density at radius 3 is 2.70 bits per heavy atom. The van der Waals surface area contributed by atoms with Crippen LogP contribution in [0.2, 0.25) is 0 Å². The lowest BCUT2D eigenvalue weighted by Crippen LogP contribution is -2.28. The van der Waals surface area contributed by atoms with E-state index in [0.29, 0.717) is 35.0 Å². The van der Waals surface area contributed by atoms with Crippen LogP contribution in [-0.4, -0.2) is 35.6 Å². The third kappa shape index (κ3) is 4.48. The van der Waals surface area contributed by atoms with Gasteiger partial charge in [0.2, 0.25) is 0 Å². The monoisotopic (exact) mass is 388 g/mol. The standard InChI is InChI=1S/C20H21FN2O3S/c1-14(13-25-2)23-19(24)15-7-3-5-9-17(15)22-20(23)27-12-11-26-18-10-6-4-8-16(18)21/h3-10,14H,11-13H2,1-2H3/t14-/m1/s1. The second kappa shape index (κ2) is 9.01. The highest BCUT2D eigenvalue weighted by Crippen LogP contribution is 2.22. The lowest BCUT2D eigenvalue weighted by atomic mass is 10.2. The van der Waals surface area contributed by atoms with E-state index in [4.69, 9.17) is 9.47 Å². The van der Waals surface area contributed by atoms with Crippen LogP contribution in [-0.2, 0) is 4.74 Å². The van der Waals surface area contributed by atoms with Crippen LogP contribution in [0, 0.1) is 5.82 Å². The van der Waals surface area contributed by atoms with Gasteiger partial charge in [-0.2, -0.15) is 0 Å². The number of rotatable bonds is 8. The van der Waals surface area contributed by atoms with Crippen molar-refractivity contribution in [3.05, 3.63) is 64.7 Å². The number of halogens is 1. The number of nitrogens with zero attached hydrogens (tertiary/aromatic N) is 2. The zero-order chi connectivity index (χ0) is 19.2. The summed E-state index contributed by atoms with van der Waals surface area (Å²) >= 11 is 1.40.